The monoisotopic (exact) mass is 473 g/mol. The highest BCUT2D eigenvalue weighted by Crippen LogP contribution is 2.51. The standard InChI is InChI=1S/C26H20FN3O3S/c1-16-7-2-3-8-18(16)15-30-22-12-5-4-11-20(22)24-25(34(30,31)32)23(21(14-28)26(29)33-24)17-9-6-10-19(27)13-17/h2-13,23H,15,29H2,1H3. The van der Waals surface area contributed by atoms with Crippen molar-refractivity contribution in [2.24, 2.45) is 5.73 Å². The molecule has 1 atom stereocenters. The number of aryl methyl sites for hydroxylation is 1. The van der Waals surface area contributed by atoms with Crippen molar-refractivity contribution in [3.63, 3.8) is 0 Å². The fourth-order valence-corrected chi connectivity index (χ4v) is 6.34. The average Bonchev–Trinajstić information content (AvgIpc) is 2.82. The summed E-state index contributed by atoms with van der Waals surface area (Å²) < 4.78 is 49.6. The minimum atomic E-state index is -4.20. The molecule has 0 radical (unpaired) electrons. The summed E-state index contributed by atoms with van der Waals surface area (Å²) in [5.74, 6) is -1.80. The molecule has 1 unspecified atom stereocenters. The molecule has 0 saturated carbocycles. The van der Waals surface area contributed by atoms with E-state index < -0.39 is 21.8 Å². The molecular weight excluding hydrogens is 453 g/mol. The first-order chi connectivity index (χ1) is 16.3. The fourth-order valence-electron chi connectivity index (χ4n) is 4.44. The Hall–Kier alpha value is -4.09. The first-order valence-electron chi connectivity index (χ1n) is 10.6. The van der Waals surface area contributed by atoms with E-state index in [0.717, 1.165) is 11.1 Å². The van der Waals surface area contributed by atoms with Gasteiger partial charge in [-0.25, -0.2) is 12.8 Å². The van der Waals surface area contributed by atoms with Gasteiger partial charge in [0.15, 0.2) is 5.76 Å². The Kier molecular flexibility index (Phi) is 5.14. The van der Waals surface area contributed by atoms with E-state index in [1.54, 1.807) is 30.3 Å². The van der Waals surface area contributed by atoms with Gasteiger partial charge in [0.1, 0.15) is 22.4 Å². The maximum absolute atomic E-state index is 14.2. The molecule has 3 aromatic rings. The van der Waals surface area contributed by atoms with Crippen LogP contribution in [0.15, 0.2) is 89.2 Å². The smallest absolute Gasteiger partial charge is 0.265 e. The van der Waals surface area contributed by atoms with Gasteiger partial charge in [0.25, 0.3) is 10.0 Å². The summed E-state index contributed by atoms with van der Waals surface area (Å²) in [6, 6.07) is 22.0. The van der Waals surface area contributed by atoms with Gasteiger partial charge in [-0.3, -0.25) is 4.31 Å². The number of hydrogen-bond acceptors (Lipinski definition) is 5. The predicted octanol–water partition coefficient (Wildman–Crippen LogP) is 4.66. The van der Waals surface area contributed by atoms with Crippen molar-refractivity contribution < 1.29 is 17.5 Å². The van der Waals surface area contributed by atoms with Crippen LogP contribution in [0.3, 0.4) is 0 Å². The Morgan fingerprint density at radius 3 is 2.56 bits per heavy atom. The van der Waals surface area contributed by atoms with E-state index >= 15 is 0 Å². The molecule has 0 amide bonds. The molecule has 170 valence electrons. The van der Waals surface area contributed by atoms with Gasteiger partial charge < -0.3 is 10.5 Å². The van der Waals surface area contributed by atoms with Gasteiger partial charge >= 0.3 is 0 Å². The quantitative estimate of drug-likeness (QED) is 0.597. The lowest BCUT2D eigenvalue weighted by atomic mass is 9.88. The number of halogens is 1. The molecule has 34 heavy (non-hydrogen) atoms. The second-order valence-corrected chi connectivity index (χ2v) is 9.96. The van der Waals surface area contributed by atoms with Gasteiger partial charge in [-0.05, 0) is 47.9 Å². The van der Waals surface area contributed by atoms with E-state index in [4.69, 9.17) is 10.5 Å². The second kappa shape index (κ2) is 8.04. The normalized spacial score (nSPS) is 18.6. The first-order valence-corrected chi connectivity index (χ1v) is 12.0. The van der Waals surface area contributed by atoms with E-state index in [1.165, 1.54) is 22.5 Å². The van der Waals surface area contributed by atoms with Crippen LogP contribution in [-0.4, -0.2) is 8.42 Å². The Bertz CT molecular complexity index is 1540. The highest BCUT2D eigenvalue weighted by Gasteiger charge is 2.47. The van der Waals surface area contributed by atoms with Crippen molar-refractivity contribution in [3.8, 4) is 6.07 Å². The van der Waals surface area contributed by atoms with Crippen molar-refractivity contribution in [2.45, 2.75) is 19.4 Å². The highest BCUT2D eigenvalue weighted by molar-refractivity contribution is 7.96. The van der Waals surface area contributed by atoms with Crippen LogP contribution in [0.2, 0.25) is 0 Å². The molecule has 5 rings (SSSR count). The van der Waals surface area contributed by atoms with E-state index in [1.807, 2.05) is 37.3 Å². The predicted molar refractivity (Wildman–Crippen MR) is 127 cm³/mol. The van der Waals surface area contributed by atoms with Gasteiger partial charge in [-0.2, -0.15) is 5.26 Å². The highest BCUT2D eigenvalue weighted by atomic mass is 32.2. The van der Waals surface area contributed by atoms with Crippen LogP contribution in [0.25, 0.3) is 5.76 Å². The molecule has 0 bridgehead atoms. The van der Waals surface area contributed by atoms with E-state index in [9.17, 15) is 18.1 Å². The lowest BCUT2D eigenvalue weighted by Gasteiger charge is -2.38. The Morgan fingerprint density at radius 2 is 1.82 bits per heavy atom. The summed E-state index contributed by atoms with van der Waals surface area (Å²) in [7, 11) is -4.20. The van der Waals surface area contributed by atoms with Crippen LogP contribution in [0.5, 0.6) is 0 Å². The van der Waals surface area contributed by atoms with Crippen LogP contribution >= 0.6 is 0 Å². The maximum Gasteiger partial charge on any atom is 0.265 e. The van der Waals surface area contributed by atoms with Gasteiger partial charge in [0, 0.05) is 5.56 Å². The SMILES string of the molecule is Cc1ccccc1CN1c2ccccc2C2=C(C(c3cccc(F)c3)C(C#N)=C(N)O2)S1(=O)=O. The van der Waals surface area contributed by atoms with Crippen molar-refractivity contribution in [1.82, 2.24) is 0 Å². The number of nitriles is 1. The molecule has 8 heteroatoms. The van der Waals surface area contributed by atoms with Crippen LogP contribution in [0, 0.1) is 24.1 Å². The Balaban J connectivity index is 1.78. The largest absolute Gasteiger partial charge is 0.439 e. The third-order valence-electron chi connectivity index (χ3n) is 6.12. The summed E-state index contributed by atoms with van der Waals surface area (Å²) in [6.45, 7) is 2.00. The summed E-state index contributed by atoms with van der Waals surface area (Å²) in [5, 5.41) is 9.86. The zero-order valence-corrected chi connectivity index (χ0v) is 19.0. The van der Waals surface area contributed by atoms with E-state index in [0.29, 0.717) is 16.8 Å². The van der Waals surface area contributed by atoms with Crippen LogP contribution in [-0.2, 0) is 21.3 Å². The zero-order valence-electron chi connectivity index (χ0n) is 18.2. The topological polar surface area (TPSA) is 96.4 Å². The van der Waals surface area contributed by atoms with Crippen LogP contribution in [0.1, 0.15) is 28.2 Å². The minimum Gasteiger partial charge on any atom is -0.439 e. The van der Waals surface area contributed by atoms with Crippen molar-refractivity contribution in [1.29, 1.82) is 5.26 Å². The summed E-state index contributed by atoms with van der Waals surface area (Å²) in [4.78, 5) is -0.129. The van der Waals surface area contributed by atoms with Crippen molar-refractivity contribution >= 4 is 21.5 Å². The third-order valence-corrected chi connectivity index (χ3v) is 8.00. The molecule has 0 saturated heterocycles. The zero-order chi connectivity index (χ0) is 24.0. The minimum absolute atomic E-state index is 0.0578. The number of nitrogens with zero attached hydrogens (tertiary/aromatic N) is 2. The summed E-state index contributed by atoms with van der Waals surface area (Å²) >= 11 is 0. The fraction of sp³-hybridized carbons (Fsp3) is 0.115. The van der Waals surface area contributed by atoms with Crippen molar-refractivity contribution in [3.05, 3.63) is 117 Å². The number of anilines is 1. The first kappa shape index (κ1) is 21.7. The number of allylic oxidation sites excluding steroid dienone is 2. The number of rotatable bonds is 3. The van der Waals surface area contributed by atoms with Gasteiger partial charge in [0.05, 0.1) is 18.2 Å². The second-order valence-electron chi connectivity index (χ2n) is 8.13. The number of hydrogen-bond donors (Lipinski definition) is 1. The molecule has 0 aliphatic carbocycles. The summed E-state index contributed by atoms with van der Waals surface area (Å²) in [5.41, 5.74) is 9.05. The number of sulfonamides is 1. The number of benzene rings is 3. The molecule has 0 spiro atoms. The molecule has 2 aliphatic heterocycles. The van der Waals surface area contributed by atoms with Crippen LogP contribution < -0.4 is 10.0 Å². The lowest BCUT2D eigenvalue weighted by molar-refractivity contribution is 0.357. The number of fused-ring (bicyclic) bond motifs is 2. The third kappa shape index (κ3) is 3.33. The van der Waals surface area contributed by atoms with Crippen molar-refractivity contribution in [2.75, 3.05) is 4.31 Å². The van der Waals surface area contributed by atoms with Gasteiger partial charge in [-0.15, -0.1) is 0 Å². The lowest BCUT2D eigenvalue weighted by Crippen LogP contribution is -2.39. The molecule has 2 heterocycles. The van der Waals surface area contributed by atoms with Gasteiger partial charge in [-0.1, -0.05) is 48.5 Å². The average molecular weight is 474 g/mol. The molecule has 0 fully saturated rings. The summed E-state index contributed by atoms with van der Waals surface area (Å²) in [6.07, 6.45) is 0. The number of ether oxygens (including phenoxy) is 1. The number of nitrogens with two attached hydrogens (primary N) is 1. The molecule has 3 aromatic carbocycles. The Labute approximate surface area is 197 Å². The Morgan fingerprint density at radius 1 is 1.09 bits per heavy atom. The van der Waals surface area contributed by atoms with Crippen LogP contribution in [0.4, 0.5) is 10.1 Å². The molecular formula is C26H20FN3O3S. The maximum atomic E-state index is 14.2. The number of para-hydroxylation sites is 1. The molecule has 2 aliphatic rings. The molecule has 0 aromatic heterocycles. The molecule has 6 nitrogen and oxygen atoms in total. The van der Waals surface area contributed by atoms with E-state index in [-0.39, 0.29) is 28.7 Å². The van der Waals surface area contributed by atoms with E-state index in [2.05, 4.69) is 0 Å². The van der Waals surface area contributed by atoms with Gasteiger partial charge in [0.2, 0.25) is 5.88 Å². The molecule has 2 N–H and O–H groups in total.